The first-order chi connectivity index (χ1) is 13.1. The van der Waals surface area contributed by atoms with Crippen LogP contribution in [-0.2, 0) is 11.2 Å². The molecule has 0 aliphatic carbocycles. The highest BCUT2D eigenvalue weighted by Gasteiger charge is 2.21. The van der Waals surface area contributed by atoms with Gasteiger partial charge in [-0.1, -0.05) is 67.4 Å². The molecule has 2 aromatic carbocycles. The Hall–Kier alpha value is -2.81. The largest absolute Gasteiger partial charge is 0.303 e. The van der Waals surface area contributed by atoms with E-state index >= 15 is 0 Å². The van der Waals surface area contributed by atoms with Crippen LogP contribution in [0.2, 0.25) is 0 Å². The molecule has 1 unspecified atom stereocenters. The number of nitrogens with zero attached hydrogens (tertiary/aromatic N) is 2. The molecule has 27 heavy (non-hydrogen) atoms. The standard InChI is InChI=1S/C24H26N2O/c1-4-9-21(16-27)23-18(3)25-24(20-13-8-10-17(2)14-20)26-22(23)15-19-11-6-5-7-12-19/h5-8,10-14,16,21H,4,9,15H2,1-3H3. The molecule has 0 aliphatic heterocycles. The maximum absolute atomic E-state index is 11.8. The average molecular weight is 358 g/mol. The molecular weight excluding hydrogens is 332 g/mol. The number of carbonyl (C=O) groups is 1. The molecule has 0 spiro atoms. The maximum Gasteiger partial charge on any atom is 0.159 e. The van der Waals surface area contributed by atoms with E-state index in [0.29, 0.717) is 6.42 Å². The molecule has 0 aliphatic rings. The summed E-state index contributed by atoms with van der Waals surface area (Å²) in [5, 5.41) is 0. The van der Waals surface area contributed by atoms with Crippen molar-refractivity contribution in [1.29, 1.82) is 0 Å². The van der Waals surface area contributed by atoms with E-state index in [1.807, 2.05) is 37.3 Å². The molecule has 1 aromatic heterocycles. The first-order valence-corrected chi connectivity index (χ1v) is 9.56. The summed E-state index contributed by atoms with van der Waals surface area (Å²) in [5.41, 5.74) is 6.23. The van der Waals surface area contributed by atoms with E-state index in [1.165, 1.54) is 11.1 Å². The molecule has 0 fully saturated rings. The van der Waals surface area contributed by atoms with E-state index in [0.717, 1.165) is 47.5 Å². The summed E-state index contributed by atoms with van der Waals surface area (Å²) in [4.78, 5) is 21.5. The van der Waals surface area contributed by atoms with Crippen molar-refractivity contribution in [3.63, 3.8) is 0 Å². The summed E-state index contributed by atoms with van der Waals surface area (Å²) in [7, 11) is 0. The summed E-state index contributed by atoms with van der Waals surface area (Å²) in [6.07, 6.45) is 3.52. The van der Waals surface area contributed by atoms with Crippen LogP contribution in [0.25, 0.3) is 11.4 Å². The van der Waals surface area contributed by atoms with Gasteiger partial charge in [-0.05, 0) is 31.9 Å². The normalized spacial score (nSPS) is 12.0. The Kier molecular flexibility index (Phi) is 6.12. The molecule has 3 aromatic rings. The van der Waals surface area contributed by atoms with Gasteiger partial charge >= 0.3 is 0 Å². The van der Waals surface area contributed by atoms with Crippen molar-refractivity contribution in [2.24, 2.45) is 0 Å². The second kappa shape index (κ2) is 8.72. The fourth-order valence-electron chi connectivity index (χ4n) is 3.55. The number of aldehydes is 1. The van der Waals surface area contributed by atoms with E-state index in [1.54, 1.807) is 0 Å². The van der Waals surface area contributed by atoms with Gasteiger partial charge in [-0.2, -0.15) is 0 Å². The van der Waals surface area contributed by atoms with Crippen LogP contribution in [0.4, 0.5) is 0 Å². The van der Waals surface area contributed by atoms with Gasteiger partial charge in [0, 0.05) is 29.2 Å². The average Bonchev–Trinajstić information content (AvgIpc) is 2.67. The molecule has 0 saturated carbocycles. The second-order valence-electron chi connectivity index (χ2n) is 7.06. The Bertz CT molecular complexity index is 919. The summed E-state index contributed by atoms with van der Waals surface area (Å²) in [6.45, 7) is 6.17. The van der Waals surface area contributed by atoms with Gasteiger partial charge in [0.25, 0.3) is 0 Å². The van der Waals surface area contributed by atoms with Gasteiger partial charge in [0.1, 0.15) is 6.29 Å². The predicted molar refractivity (Wildman–Crippen MR) is 110 cm³/mol. The molecule has 138 valence electrons. The molecule has 0 amide bonds. The topological polar surface area (TPSA) is 42.9 Å². The lowest BCUT2D eigenvalue weighted by Crippen LogP contribution is -2.12. The van der Waals surface area contributed by atoms with Crippen molar-refractivity contribution in [2.75, 3.05) is 0 Å². The van der Waals surface area contributed by atoms with Crippen LogP contribution in [0, 0.1) is 13.8 Å². The molecule has 0 N–H and O–H groups in total. The molecule has 0 radical (unpaired) electrons. The zero-order valence-electron chi connectivity index (χ0n) is 16.3. The minimum Gasteiger partial charge on any atom is -0.303 e. The van der Waals surface area contributed by atoms with E-state index in [4.69, 9.17) is 9.97 Å². The molecule has 1 heterocycles. The molecule has 3 rings (SSSR count). The highest BCUT2D eigenvalue weighted by Crippen LogP contribution is 2.29. The fourth-order valence-corrected chi connectivity index (χ4v) is 3.55. The van der Waals surface area contributed by atoms with E-state index in [-0.39, 0.29) is 5.92 Å². The number of aromatic nitrogens is 2. The van der Waals surface area contributed by atoms with Crippen molar-refractivity contribution in [3.8, 4) is 11.4 Å². The van der Waals surface area contributed by atoms with Gasteiger partial charge in [-0.25, -0.2) is 9.97 Å². The number of hydrogen-bond acceptors (Lipinski definition) is 3. The second-order valence-corrected chi connectivity index (χ2v) is 7.06. The number of rotatable bonds is 7. The van der Waals surface area contributed by atoms with Gasteiger partial charge < -0.3 is 4.79 Å². The van der Waals surface area contributed by atoms with Crippen molar-refractivity contribution in [1.82, 2.24) is 9.97 Å². The summed E-state index contributed by atoms with van der Waals surface area (Å²) in [6, 6.07) is 18.5. The predicted octanol–water partition coefficient (Wildman–Crippen LogP) is 5.43. The first kappa shape index (κ1) is 19.0. The number of carbonyl (C=O) groups excluding carboxylic acids is 1. The van der Waals surface area contributed by atoms with Crippen LogP contribution in [0.1, 0.15) is 53.8 Å². The van der Waals surface area contributed by atoms with Crippen LogP contribution in [0.3, 0.4) is 0 Å². The van der Waals surface area contributed by atoms with Crippen LogP contribution in [0.5, 0.6) is 0 Å². The van der Waals surface area contributed by atoms with Gasteiger partial charge in [0.05, 0.1) is 5.69 Å². The van der Waals surface area contributed by atoms with Gasteiger partial charge in [-0.3, -0.25) is 0 Å². The Morgan fingerprint density at radius 3 is 2.44 bits per heavy atom. The third kappa shape index (κ3) is 4.48. The SMILES string of the molecule is CCCC(C=O)c1c(C)nc(-c2cccc(C)c2)nc1Cc1ccccc1. The van der Waals surface area contributed by atoms with E-state index < -0.39 is 0 Å². The quantitative estimate of drug-likeness (QED) is 0.529. The monoisotopic (exact) mass is 358 g/mol. The summed E-state index contributed by atoms with van der Waals surface area (Å²) >= 11 is 0. The Morgan fingerprint density at radius 2 is 1.78 bits per heavy atom. The van der Waals surface area contributed by atoms with Crippen molar-refractivity contribution >= 4 is 6.29 Å². The zero-order chi connectivity index (χ0) is 19.2. The third-order valence-electron chi connectivity index (χ3n) is 4.84. The minimum atomic E-state index is -0.153. The van der Waals surface area contributed by atoms with Crippen molar-refractivity contribution in [3.05, 3.63) is 82.7 Å². The maximum atomic E-state index is 11.8. The first-order valence-electron chi connectivity index (χ1n) is 9.56. The van der Waals surface area contributed by atoms with Crippen LogP contribution in [0.15, 0.2) is 54.6 Å². The van der Waals surface area contributed by atoms with Gasteiger partial charge in [-0.15, -0.1) is 0 Å². The Morgan fingerprint density at radius 1 is 1.00 bits per heavy atom. The van der Waals surface area contributed by atoms with Crippen LogP contribution >= 0.6 is 0 Å². The Balaban J connectivity index is 2.13. The van der Waals surface area contributed by atoms with E-state index in [9.17, 15) is 4.79 Å². The Labute approximate surface area is 161 Å². The molecule has 0 bridgehead atoms. The zero-order valence-corrected chi connectivity index (χ0v) is 16.3. The van der Waals surface area contributed by atoms with Crippen molar-refractivity contribution in [2.45, 2.75) is 46.0 Å². The van der Waals surface area contributed by atoms with Crippen LogP contribution in [-0.4, -0.2) is 16.3 Å². The lowest BCUT2D eigenvalue weighted by molar-refractivity contribution is -0.109. The lowest BCUT2D eigenvalue weighted by Gasteiger charge is -2.18. The highest BCUT2D eigenvalue weighted by molar-refractivity contribution is 5.65. The smallest absolute Gasteiger partial charge is 0.159 e. The fraction of sp³-hybridized carbons (Fsp3) is 0.292. The summed E-state index contributed by atoms with van der Waals surface area (Å²) in [5.74, 6) is 0.576. The molecular formula is C24H26N2O. The molecule has 3 nitrogen and oxygen atoms in total. The minimum absolute atomic E-state index is 0.153. The van der Waals surface area contributed by atoms with Crippen molar-refractivity contribution < 1.29 is 4.79 Å². The number of benzene rings is 2. The molecule has 0 saturated heterocycles. The van der Waals surface area contributed by atoms with E-state index in [2.05, 4.69) is 38.1 Å². The number of aryl methyl sites for hydroxylation is 2. The highest BCUT2D eigenvalue weighted by atomic mass is 16.1. The molecule has 3 heteroatoms. The third-order valence-corrected chi connectivity index (χ3v) is 4.84. The van der Waals surface area contributed by atoms with Gasteiger partial charge in [0.15, 0.2) is 5.82 Å². The lowest BCUT2D eigenvalue weighted by atomic mass is 9.90. The van der Waals surface area contributed by atoms with Gasteiger partial charge in [0.2, 0.25) is 0 Å². The molecule has 1 atom stereocenters. The van der Waals surface area contributed by atoms with Crippen LogP contribution < -0.4 is 0 Å². The summed E-state index contributed by atoms with van der Waals surface area (Å²) < 4.78 is 0. The number of hydrogen-bond donors (Lipinski definition) is 0.